The molecule has 0 aliphatic rings. The SMILES string of the molecule is Cc1ccc(Cl)c(OCCC(C)(C#N)c2ccccc2)c1. The molecule has 0 saturated heterocycles. The van der Waals surface area contributed by atoms with E-state index in [4.69, 9.17) is 16.3 Å². The lowest BCUT2D eigenvalue weighted by atomic mass is 9.81. The summed E-state index contributed by atoms with van der Waals surface area (Å²) in [5.74, 6) is 0.671. The van der Waals surface area contributed by atoms with E-state index in [2.05, 4.69) is 6.07 Å². The van der Waals surface area contributed by atoms with Gasteiger partial charge in [-0.2, -0.15) is 5.26 Å². The predicted molar refractivity (Wildman–Crippen MR) is 85.7 cm³/mol. The monoisotopic (exact) mass is 299 g/mol. The first kappa shape index (κ1) is 15.4. The van der Waals surface area contributed by atoms with Crippen molar-refractivity contribution in [1.29, 1.82) is 5.26 Å². The average molecular weight is 300 g/mol. The van der Waals surface area contributed by atoms with Gasteiger partial charge in [0.25, 0.3) is 0 Å². The van der Waals surface area contributed by atoms with Crippen LogP contribution in [0, 0.1) is 18.3 Å². The van der Waals surface area contributed by atoms with Crippen molar-refractivity contribution in [3.8, 4) is 11.8 Å². The van der Waals surface area contributed by atoms with Gasteiger partial charge in [0.2, 0.25) is 0 Å². The van der Waals surface area contributed by atoms with Crippen LogP contribution < -0.4 is 4.74 Å². The van der Waals surface area contributed by atoms with E-state index < -0.39 is 5.41 Å². The predicted octanol–water partition coefficient (Wildman–Crippen LogP) is 4.90. The minimum atomic E-state index is -0.558. The number of hydrogen-bond donors (Lipinski definition) is 0. The minimum absolute atomic E-state index is 0.447. The summed E-state index contributed by atoms with van der Waals surface area (Å²) in [6.45, 7) is 4.37. The number of aryl methyl sites for hydroxylation is 1. The van der Waals surface area contributed by atoms with Gasteiger partial charge in [0, 0.05) is 6.42 Å². The fourth-order valence-electron chi connectivity index (χ4n) is 2.16. The van der Waals surface area contributed by atoms with Crippen molar-refractivity contribution in [1.82, 2.24) is 0 Å². The molecule has 0 N–H and O–H groups in total. The zero-order valence-corrected chi connectivity index (χ0v) is 13.0. The van der Waals surface area contributed by atoms with Crippen molar-refractivity contribution in [3.05, 3.63) is 64.7 Å². The van der Waals surface area contributed by atoms with E-state index in [0.29, 0.717) is 23.8 Å². The van der Waals surface area contributed by atoms with Crippen LogP contribution in [0.1, 0.15) is 24.5 Å². The largest absolute Gasteiger partial charge is 0.492 e. The number of nitriles is 1. The second kappa shape index (κ2) is 6.65. The van der Waals surface area contributed by atoms with Gasteiger partial charge >= 0.3 is 0 Å². The van der Waals surface area contributed by atoms with Crippen molar-refractivity contribution in [2.75, 3.05) is 6.61 Å². The second-order valence-corrected chi connectivity index (χ2v) is 5.75. The van der Waals surface area contributed by atoms with E-state index in [0.717, 1.165) is 11.1 Å². The number of halogens is 1. The topological polar surface area (TPSA) is 33.0 Å². The second-order valence-electron chi connectivity index (χ2n) is 5.34. The third-order valence-corrected chi connectivity index (χ3v) is 3.92. The van der Waals surface area contributed by atoms with Crippen LogP contribution in [-0.2, 0) is 5.41 Å². The van der Waals surface area contributed by atoms with Gasteiger partial charge < -0.3 is 4.74 Å². The summed E-state index contributed by atoms with van der Waals surface area (Å²) in [7, 11) is 0. The molecule has 21 heavy (non-hydrogen) atoms. The first-order valence-electron chi connectivity index (χ1n) is 6.91. The van der Waals surface area contributed by atoms with Gasteiger partial charge in [0.05, 0.1) is 23.1 Å². The molecule has 0 spiro atoms. The molecule has 0 heterocycles. The highest BCUT2D eigenvalue weighted by Gasteiger charge is 2.26. The van der Waals surface area contributed by atoms with Gasteiger partial charge in [0.1, 0.15) is 5.75 Å². The van der Waals surface area contributed by atoms with E-state index in [9.17, 15) is 5.26 Å². The van der Waals surface area contributed by atoms with Crippen LogP contribution in [0.4, 0.5) is 0 Å². The van der Waals surface area contributed by atoms with Crippen LogP contribution in [0.15, 0.2) is 48.5 Å². The highest BCUT2D eigenvalue weighted by atomic mass is 35.5. The molecule has 2 rings (SSSR count). The van der Waals surface area contributed by atoms with Crippen LogP contribution in [0.2, 0.25) is 5.02 Å². The Kier molecular flexibility index (Phi) is 4.88. The summed E-state index contributed by atoms with van der Waals surface area (Å²) in [6.07, 6.45) is 0.609. The van der Waals surface area contributed by atoms with E-state index in [1.807, 2.05) is 62.4 Å². The maximum absolute atomic E-state index is 9.50. The van der Waals surface area contributed by atoms with Crippen molar-refractivity contribution in [2.45, 2.75) is 25.7 Å². The maximum atomic E-state index is 9.50. The van der Waals surface area contributed by atoms with Crippen LogP contribution in [0.3, 0.4) is 0 Å². The van der Waals surface area contributed by atoms with E-state index in [1.165, 1.54) is 0 Å². The minimum Gasteiger partial charge on any atom is -0.492 e. The summed E-state index contributed by atoms with van der Waals surface area (Å²) in [5, 5.41) is 10.1. The molecule has 0 bridgehead atoms. The molecular weight excluding hydrogens is 282 g/mol. The molecule has 2 aromatic carbocycles. The van der Waals surface area contributed by atoms with Gasteiger partial charge in [-0.3, -0.25) is 0 Å². The molecular formula is C18H18ClNO. The average Bonchev–Trinajstić information content (AvgIpc) is 2.51. The molecule has 108 valence electrons. The van der Waals surface area contributed by atoms with Gasteiger partial charge in [-0.05, 0) is 37.1 Å². The lowest BCUT2D eigenvalue weighted by Gasteiger charge is -2.22. The molecule has 0 aromatic heterocycles. The van der Waals surface area contributed by atoms with Gasteiger partial charge in [-0.25, -0.2) is 0 Å². The quantitative estimate of drug-likeness (QED) is 0.787. The molecule has 0 fully saturated rings. The van der Waals surface area contributed by atoms with Crippen LogP contribution in [0.25, 0.3) is 0 Å². The number of nitrogens with zero attached hydrogens (tertiary/aromatic N) is 1. The summed E-state index contributed by atoms with van der Waals surface area (Å²) >= 11 is 6.11. The van der Waals surface area contributed by atoms with Gasteiger partial charge in [0.15, 0.2) is 0 Å². The first-order chi connectivity index (χ1) is 10.0. The first-order valence-corrected chi connectivity index (χ1v) is 7.29. The molecule has 3 heteroatoms. The van der Waals surface area contributed by atoms with Crippen LogP contribution in [0.5, 0.6) is 5.75 Å². The number of ether oxygens (including phenoxy) is 1. The summed E-state index contributed by atoms with van der Waals surface area (Å²) < 4.78 is 5.75. The Morgan fingerprint density at radius 1 is 1.19 bits per heavy atom. The molecule has 1 atom stereocenters. The number of benzene rings is 2. The number of hydrogen-bond acceptors (Lipinski definition) is 2. The van der Waals surface area contributed by atoms with Crippen LogP contribution >= 0.6 is 11.6 Å². The van der Waals surface area contributed by atoms with E-state index in [1.54, 1.807) is 0 Å². The molecule has 2 aromatic rings. The van der Waals surface area contributed by atoms with Crippen molar-refractivity contribution in [3.63, 3.8) is 0 Å². The normalized spacial score (nSPS) is 13.2. The Labute approximate surface area is 130 Å². The Balaban J connectivity index is 2.05. The summed E-state index contributed by atoms with van der Waals surface area (Å²) in [4.78, 5) is 0. The summed E-state index contributed by atoms with van der Waals surface area (Å²) in [5.41, 5.74) is 1.55. The van der Waals surface area contributed by atoms with Crippen molar-refractivity contribution >= 4 is 11.6 Å². The fraction of sp³-hybridized carbons (Fsp3) is 0.278. The van der Waals surface area contributed by atoms with E-state index in [-0.39, 0.29) is 0 Å². The standard InChI is InChI=1S/C18H18ClNO/c1-14-8-9-16(19)17(12-14)21-11-10-18(2,13-20)15-6-4-3-5-7-15/h3-9,12H,10-11H2,1-2H3. The Bertz CT molecular complexity index is 648. The smallest absolute Gasteiger partial charge is 0.138 e. The Morgan fingerprint density at radius 3 is 2.57 bits per heavy atom. The Hall–Kier alpha value is -1.98. The zero-order valence-electron chi connectivity index (χ0n) is 12.3. The fourth-order valence-corrected chi connectivity index (χ4v) is 2.33. The lowest BCUT2D eigenvalue weighted by Crippen LogP contribution is -2.22. The zero-order chi connectivity index (χ0) is 15.3. The van der Waals surface area contributed by atoms with E-state index >= 15 is 0 Å². The molecule has 0 aliphatic carbocycles. The van der Waals surface area contributed by atoms with Crippen molar-refractivity contribution in [2.24, 2.45) is 0 Å². The van der Waals surface area contributed by atoms with Crippen molar-refractivity contribution < 1.29 is 4.74 Å². The third kappa shape index (κ3) is 3.77. The van der Waals surface area contributed by atoms with Gasteiger partial charge in [-0.1, -0.05) is 48.0 Å². The molecule has 0 saturated carbocycles. The maximum Gasteiger partial charge on any atom is 0.138 e. The number of rotatable bonds is 5. The third-order valence-electron chi connectivity index (χ3n) is 3.60. The molecule has 0 aliphatic heterocycles. The molecule has 0 radical (unpaired) electrons. The molecule has 2 nitrogen and oxygen atoms in total. The van der Waals surface area contributed by atoms with Gasteiger partial charge in [-0.15, -0.1) is 0 Å². The summed E-state index contributed by atoms with van der Waals surface area (Å²) in [6, 6.07) is 17.9. The highest BCUT2D eigenvalue weighted by Crippen LogP contribution is 2.29. The van der Waals surface area contributed by atoms with Crippen LogP contribution in [-0.4, -0.2) is 6.61 Å². The molecule has 1 unspecified atom stereocenters. The lowest BCUT2D eigenvalue weighted by molar-refractivity contribution is 0.285. The highest BCUT2D eigenvalue weighted by molar-refractivity contribution is 6.32. The molecule has 0 amide bonds. The Morgan fingerprint density at radius 2 is 1.90 bits per heavy atom.